The van der Waals surface area contributed by atoms with Crippen LogP contribution in [0.2, 0.25) is 0 Å². The van der Waals surface area contributed by atoms with Crippen LogP contribution in [0.5, 0.6) is 0 Å². The molecule has 0 amide bonds. The number of halogens is 1. The summed E-state index contributed by atoms with van der Waals surface area (Å²) in [5, 5.41) is 14.3. The summed E-state index contributed by atoms with van der Waals surface area (Å²) < 4.78 is 24.1. The fraction of sp³-hybridized carbons (Fsp3) is 0.333. The van der Waals surface area contributed by atoms with Crippen LogP contribution < -0.4 is 11.3 Å². The number of nitrogens with two attached hydrogens (primary N) is 1. The predicted molar refractivity (Wildman–Crippen MR) is 170 cm³/mol. The van der Waals surface area contributed by atoms with E-state index in [2.05, 4.69) is 45.8 Å². The molecule has 4 aromatic rings. The lowest BCUT2D eigenvalue weighted by atomic mass is 9.86. The Morgan fingerprint density at radius 1 is 1.11 bits per heavy atom. The molecule has 11 heteroatoms. The van der Waals surface area contributed by atoms with Gasteiger partial charge in [0.05, 0.1) is 34.7 Å². The van der Waals surface area contributed by atoms with E-state index in [9.17, 15) is 19.1 Å². The number of hydrogen-bond acceptors (Lipinski definition) is 8. The third-order valence-corrected chi connectivity index (χ3v) is 11.2. The molecule has 0 radical (unpaired) electrons. The Kier molecular flexibility index (Phi) is 7.16. The molecule has 228 valence electrons. The van der Waals surface area contributed by atoms with Crippen molar-refractivity contribution in [3.8, 4) is 11.4 Å². The number of anilines is 1. The number of hydrogen-bond donors (Lipinski definition) is 2. The molecule has 0 bridgehead atoms. The number of pyridine rings is 2. The summed E-state index contributed by atoms with van der Waals surface area (Å²) in [7, 11) is -0.0906. The fourth-order valence-corrected chi connectivity index (χ4v) is 8.54. The quantitative estimate of drug-likeness (QED) is 0.173. The summed E-state index contributed by atoms with van der Waals surface area (Å²) >= 11 is 0. The van der Waals surface area contributed by atoms with Crippen LogP contribution in [0.15, 0.2) is 58.2 Å². The lowest BCUT2D eigenvalue weighted by Gasteiger charge is -2.36. The van der Waals surface area contributed by atoms with Gasteiger partial charge in [0.15, 0.2) is 5.60 Å². The second-order valence-electron chi connectivity index (χ2n) is 11.5. The van der Waals surface area contributed by atoms with Gasteiger partial charge in [-0.3, -0.25) is 9.69 Å². The molecule has 2 aromatic carbocycles. The molecule has 3 N–H and O–H groups in total. The van der Waals surface area contributed by atoms with Crippen LogP contribution in [0.1, 0.15) is 42.5 Å². The number of rotatable bonds is 5. The average Bonchev–Trinajstić information content (AvgIpc) is 3.40. The maximum Gasteiger partial charge on any atom is 0.343 e. The van der Waals surface area contributed by atoms with Crippen molar-refractivity contribution in [1.29, 1.82) is 0 Å². The molecule has 9 nitrogen and oxygen atoms in total. The van der Waals surface area contributed by atoms with Crippen molar-refractivity contribution in [3.63, 3.8) is 0 Å². The van der Waals surface area contributed by atoms with E-state index in [1.807, 2.05) is 6.07 Å². The highest BCUT2D eigenvalue weighted by atomic mass is 32.2. The number of ether oxygens (including phenoxy) is 1. The molecule has 1 fully saturated rings. The lowest BCUT2D eigenvalue weighted by molar-refractivity contribution is -0.172. The van der Waals surface area contributed by atoms with Gasteiger partial charge in [-0.15, -0.1) is 0 Å². The summed E-state index contributed by atoms with van der Waals surface area (Å²) in [4.78, 5) is 34.9. The van der Waals surface area contributed by atoms with Crippen LogP contribution in [0.25, 0.3) is 22.3 Å². The summed E-state index contributed by atoms with van der Waals surface area (Å²) in [6, 6.07) is 15.2. The van der Waals surface area contributed by atoms with Gasteiger partial charge in [0.2, 0.25) is 0 Å². The first-order chi connectivity index (χ1) is 21.2. The van der Waals surface area contributed by atoms with E-state index in [1.54, 1.807) is 23.6 Å². The van der Waals surface area contributed by atoms with Gasteiger partial charge in [-0.05, 0) is 48.5 Å². The second-order valence-corrected chi connectivity index (χ2v) is 13.6. The molecule has 44 heavy (non-hydrogen) atoms. The Bertz CT molecular complexity index is 1920. The number of nitrogen functional groups attached to an aromatic ring is 1. The summed E-state index contributed by atoms with van der Waals surface area (Å²) in [5.41, 5.74) is 7.69. The molecule has 1 unspecified atom stereocenters. The fourth-order valence-electron chi connectivity index (χ4n) is 6.68. The number of carbonyl (C=O) groups excluding carboxylic acids is 1. The number of fused-ring (bicyclic) bond motifs is 5. The molecule has 0 spiro atoms. The van der Waals surface area contributed by atoms with E-state index in [1.165, 1.54) is 11.0 Å². The molecular weight excluding hydrogens is 581 g/mol. The average molecular weight is 616 g/mol. The largest absolute Gasteiger partial charge is 0.458 e. The van der Waals surface area contributed by atoms with Crippen LogP contribution >= 0.6 is 10.7 Å². The Morgan fingerprint density at radius 3 is 2.57 bits per heavy atom. The van der Waals surface area contributed by atoms with Crippen LogP contribution in [0.4, 0.5) is 10.1 Å². The molecule has 2 atom stereocenters. The number of carbonyl (C=O) groups is 1. The van der Waals surface area contributed by atoms with Crippen LogP contribution in [-0.4, -0.2) is 61.4 Å². The van der Waals surface area contributed by atoms with Crippen molar-refractivity contribution in [2.45, 2.75) is 50.5 Å². The third-order valence-electron chi connectivity index (χ3n) is 9.12. The summed E-state index contributed by atoms with van der Waals surface area (Å²) in [5.74, 6) is -1.33. The van der Waals surface area contributed by atoms with Gasteiger partial charge in [-0.1, -0.05) is 35.8 Å². The third kappa shape index (κ3) is 4.49. The van der Waals surface area contributed by atoms with Crippen molar-refractivity contribution in [1.82, 2.24) is 18.8 Å². The van der Waals surface area contributed by atoms with Crippen LogP contribution in [0.3, 0.4) is 0 Å². The van der Waals surface area contributed by atoms with Crippen LogP contribution in [-0.2, 0) is 34.8 Å². The first kappa shape index (κ1) is 28.8. The SMILES string of the molecule is C/C=S(\c1ccccc1)N1CCN(Cc2c3c(nc4cc(F)c(N)cc24)-c2cc4c(c(=O)n2C3)COC(=O)[C@]4(O)CC)CC1. The number of aromatic nitrogens is 2. The molecule has 3 aliphatic rings. The highest BCUT2D eigenvalue weighted by Crippen LogP contribution is 2.41. The number of piperazine rings is 1. The van der Waals surface area contributed by atoms with Gasteiger partial charge in [0.25, 0.3) is 5.56 Å². The van der Waals surface area contributed by atoms with Crippen molar-refractivity contribution < 1.29 is 19.0 Å². The number of aliphatic hydroxyl groups is 1. The Morgan fingerprint density at radius 2 is 1.86 bits per heavy atom. The van der Waals surface area contributed by atoms with Crippen molar-refractivity contribution >= 4 is 38.6 Å². The summed E-state index contributed by atoms with van der Waals surface area (Å²) in [6.07, 6.45) is 0.0585. The lowest BCUT2D eigenvalue weighted by Crippen LogP contribution is -2.44. The first-order valence-corrected chi connectivity index (χ1v) is 16.1. The van der Waals surface area contributed by atoms with E-state index >= 15 is 0 Å². The van der Waals surface area contributed by atoms with E-state index < -0.39 is 17.4 Å². The molecule has 0 aliphatic carbocycles. The van der Waals surface area contributed by atoms with Crippen LogP contribution in [0, 0.1) is 5.82 Å². The Hall–Kier alpha value is -3.90. The molecule has 2 aromatic heterocycles. The maximum atomic E-state index is 14.7. The van der Waals surface area contributed by atoms with Gasteiger partial charge in [0.1, 0.15) is 12.4 Å². The molecule has 3 aliphatic heterocycles. The van der Waals surface area contributed by atoms with Gasteiger partial charge < -0.3 is 20.1 Å². The minimum Gasteiger partial charge on any atom is -0.458 e. The smallest absolute Gasteiger partial charge is 0.343 e. The monoisotopic (exact) mass is 615 g/mol. The highest BCUT2D eigenvalue weighted by Gasteiger charge is 2.45. The predicted octanol–water partition coefficient (Wildman–Crippen LogP) is 3.98. The minimum atomic E-state index is -1.92. The zero-order valence-electron chi connectivity index (χ0n) is 24.7. The highest BCUT2D eigenvalue weighted by molar-refractivity contribution is 8.13. The van der Waals surface area contributed by atoms with Gasteiger partial charge in [0, 0.05) is 60.2 Å². The maximum absolute atomic E-state index is 14.7. The number of benzene rings is 2. The Balaban J connectivity index is 1.28. The van der Waals surface area contributed by atoms with E-state index in [-0.39, 0.29) is 52.6 Å². The van der Waals surface area contributed by atoms with Gasteiger partial charge in [-0.25, -0.2) is 18.5 Å². The standard InChI is InChI=1S/C33H34FN5O4S/c1-3-33(42)25-15-29-30-23(18-39(29)31(40)24(25)19-43-32(33)41)22(21-14-27(35)26(34)16-28(21)36-30)17-37-10-12-38(13-11-37)44(4-2)20-8-6-5-7-9-20/h4-9,14-16,42H,3,10-13,17-19,35H2,1-2H3/t33-,44?/m0/s1. The first-order valence-electron chi connectivity index (χ1n) is 14.9. The normalized spacial score (nSPS) is 20.8. The molecule has 0 saturated carbocycles. The topological polar surface area (TPSA) is 114 Å². The van der Waals surface area contributed by atoms with E-state index in [4.69, 9.17) is 15.5 Å². The number of nitrogens with zero attached hydrogens (tertiary/aromatic N) is 4. The Labute approximate surface area is 256 Å². The van der Waals surface area contributed by atoms with Crippen molar-refractivity contribution in [3.05, 3.63) is 87.0 Å². The second kappa shape index (κ2) is 10.9. The zero-order valence-corrected chi connectivity index (χ0v) is 25.5. The van der Waals surface area contributed by atoms with E-state index in [0.717, 1.165) is 42.7 Å². The molecule has 5 heterocycles. The number of esters is 1. The molecule has 1 saturated heterocycles. The van der Waals surface area contributed by atoms with E-state index in [0.29, 0.717) is 23.4 Å². The minimum absolute atomic E-state index is 0.0440. The molecular formula is C33H34FN5O4S. The van der Waals surface area contributed by atoms with Gasteiger partial charge >= 0.3 is 5.97 Å². The molecule has 7 rings (SSSR count). The van der Waals surface area contributed by atoms with Gasteiger partial charge in [-0.2, -0.15) is 0 Å². The zero-order chi connectivity index (χ0) is 30.7. The van der Waals surface area contributed by atoms with Crippen molar-refractivity contribution in [2.75, 3.05) is 31.9 Å². The summed E-state index contributed by atoms with van der Waals surface area (Å²) in [6.45, 7) is 7.89. The number of cyclic esters (lactones) is 1. The van der Waals surface area contributed by atoms with Crippen molar-refractivity contribution in [2.24, 2.45) is 0 Å².